The third-order valence-corrected chi connectivity index (χ3v) is 5.28. The van der Waals surface area contributed by atoms with Crippen molar-refractivity contribution in [3.05, 3.63) is 82.2 Å². The Hall–Kier alpha value is -2.53. The number of aryl methyl sites for hydroxylation is 1. The standard InChI is InChI=1S/C22H20BrN3O/c1-15-20(7-8-21(25-15)17-3-2-4-18(23)13-17)22(27)26(19-5-6-19)14-16-9-11-24-12-10-16/h2-4,7-13,19H,5-6,14H2,1H3. The van der Waals surface area contributed by atoms with E-state index in [4.69, 9.17) is 4.98 Å². The number of aromatic nitrogens is 2. The first-order chi connectivity index (χ1) is 13.1. The molecule has 4 nitrogen and oxygen atoms in total. The summed E-state index contributed by atoms with van der Waals surface area (Å²) in [6.07, 6.45) is 5.67. The molecule has 0 aliphatic heterocycles. The largest absolute Gasteiger partial charge is 0.331 e. The molecule has 0 bridgehead atoms. The van der Waals surface area contributed by atoms with Gasteiger partial charge in [-0.25, -0.2) is 0 Å². The van der Waals surface area contributed by atoms with Crippen LogP contribution in [0.15, 0.2) is 65.4 Å². The molecule has 0 radical (unpaired) electrons. The second kappa shape index (κ2) is 7.61. The van der Waals surface area contributed by atoms with Gasteiger partial charge in [0.1, 0.15) is 0 Å². The van der Waals surface area contributed by atoms with Gasteiger partial charge >= 0.3 is 0 Å². The highest BCUT2D eigenvalue weighted by molar-refractivity contribution is 9.10. The van der Waals surface area contributed by atoms with Crippen LogP contribution in [-0.2, 0) is 6.54 Å². The van der Waals surface area contributed by atoms with Crippen LogP contribution in [0.1, 0.15) is 34.5 Å². The fourth-order valence-electron chi connectivity index (χ4n) is 3.19. The molecule has 0 unspecified atom stereocenters. The molecule has 1 aliphatic rings. The van der Waals surface area contributed by atoms with Crippen molar-refractivity contribution in [3.8, 4) is 11.3 Å². The Balaban J connectivity index is 1.60. The molecule has 27 heavy (non-hydrogen) atoms. The Morgan fingerprint density at radius 2 is 1.93 bits per heavy atom. The van der Waals surface area contributed by atoms with Gasteiger partial charge in [0.2, 0.25) is 0 Å². The molecular formula is C22H20BrN3O. The third kappa shape index (κ3) is 4.08. The minimum absolute atomic E-state index is 0.0557. The smallest absolute Gasteiger partial charge is 0.256 e. The second-order valence-corrected chi connectivity index (χ2v) is 7.78. The second-order valence-electron chi connectivity index (χ2n) is 6.86. The van der Waals surface area contributed by atoms with E-state index >= 15 is 0 Å². The predicted molar refractivity (Wildman–Crippen MR) is 109 cm³/mol. The zero-order valence-electron chi connectivity index (χ0n) is 15.1. The first-order valence-electron chi connectivity index (χ1n) is 9.05. The topological polar surface area (TPSA) is 46.1 Å². The SMILES string of the molecule is Cc1nc(-c2cccc(Br)c2)ccc1C(=O)N(Cc1ccncc1)C1CC1. The van der Waals surface area contributed by atoms with E-state index in [0.29, 0.717) is 18.2 Å². The lowest BCUT2D eigenvalue weighted by Gasteiger charge is -2.23. The van der Waals surface area contributed by atoms with Crippen LogP contribution < -0.4 is 0 Å². The molecule has 5 heteroatoms. The quantitative estimate of drug-likeness (QED) is 0.580. The van der Waals surface area contributed by atoms with Crippen molar-refractivity contribution < 1.29 is 4.79 Å². The summed E-state index contributed by atoms with van der Waals surface area (Å²) in [7, 11) is 0. The van der Waals surface area contributed by atoms with Gasteiger partial charge in [-0.15, -0.1) is 0 Å². The lowest BCUT2D eigenvalue weighted by atomic mass is 10.1. The summed E-state index contributed by atoms with van der Waals surface area (Å²) >= 11 is 3.50. The Morgan fingerprint density at radius 1 is 1.15 bits per heavy atom. The van der Waals surface area contributed by atoms with Crippen molar-refractivity contribution in [2.75, 3.05) is 0 Å². The number of hydrogen-bond donors (Lipinski definition) is 0. The fourth-order valence-corrected chi connectivity index (χ4v) is 3.59. The lowest BCUT2D eigenvalue weighted by Crippen LogP contribution is -2.33. The van der Waals surface area contributed by atoms with E-state index < -0.39 is 0 Å². The first kappa shape index (κ1) is 17.9. The predicted octanol–water partition coefficient (Wildman–Crippen LogP) is 5.02. The summed E-state index contributed by atoms with van der Waals surface area (Å²) in [6.45, 7) is 2.52. The monoisotopic (exact) mass is 421 g/mol. The number of carbonyl (C=O) groups is 1. The van der Waals surface area contributed by atoms with E-state index in [-0.39, 0.29) is 5.91 Å². The zero-order valence-corrected chi connectivity index (χ0v) is 16.7. The van der Waals surface area contributed by atoms with Crippen molar-refractivity contribution in [1.82, 2.24) is 14.9 Å². The maximum Gasteiger partial charge on any atom is 0.256 e. The number of carbonyl (C=O) groups excluding carboxylic acids is 1. The van der Waals surface area contributed by atoms with Crippen molar-refractivity contribution in [1.29, 1.82) is 0 Å². The summed E-state index contributed by atoms with van der Waals surface area (Å²) < 4.78 is 1.01. The lowest BCUT2D eigenvalue weighted by molar-refractivity contribution is 0.0728. The minimum Gasteiger partial charge on any atom is -0.331 e. The van der Waals surface area contributed by atoms with Crippen molar-refractivity contribution in [2.24, 2.45) is 0 Å². The van der Waals surface area contributed by atoms with Crippen molar-refractivity contribution >= 4 is 21.8 Å². The number of hydrogen-bond acceptors (Lipinski definition) is 3. The number of halogens is 1. The molecule has 0 saturated heterocycles. The average Bonchev–Trinajstić information content (AvgIpc) is 3.51. The molecule has 0 spiro atoms. The fraction of sp³-hybridized carbons (Fsp3) is 0.227. The number of rotatable bonds is 5. The molecule has 0 N–H and O–H groups in total. The molecule has 1 fully saturated rings. The molecule has 4 rings (SSSR count). The molecule has 1 aliphatic carbocycles. The zero-order chi connectivity index (χ0) is 18.8. The number of pyridine rings is 2. The molecule has 1 aromatic carbocycles. The molecule has 2 heterocycles. The van der Waals surface area contributed by atoms with Gasteiger partial charge in [-0.1, -0.05) is 28.1 Å². The molecule has 3 aromatic rings. The molecule has 1 saturated carbocycles. The molecule has 136 valence electrons. The molecule has 1 amide bonds. The van der Waals surface area contributed by atoms with Gasteiger partial charge in [0.05, 0.1) is 17.0 Å². The van der Waals surface area contributed by atoms with Crippen LogP contribution in [0.4, 0.5) is 0 Å². The normalized spacial score (nSPS) is 13.4. The minimum atomic E-state index is 0.0557. The van der Waals surface area contributed by atoms with Crippen LogP contribution >= 0.6 is 15.9 Å². The Labute approximate surface area is 167 Å². The van der Waals surface area contributed by atoms with E-state index in [1.807, 2.05) is 60.4 Å². The molecule has 0 atom stereocenters. The maximum atomic E-state index is 13.2. The van der Waals surface area contributed by atoms with Crippen LogP contribution in [0.25, 0.3) is 11.3 Å². The van der Waals surface area contributed by atoms with E-state index in [0.717, 1.165) is 39.8 Å². The summed E-state index contributed by atoms with van der Waals surface area (Å²) in [4.78, 5) is 23.9. The maximum absolute atomic E-state index is 13.2. The first-order valence-corrected chi connectivity index (χ1v) is 9.84. The average molecular weight is 422 g/mol. The number of benzene rings is 1. The van der Waals surface area contributed by atoms with E-state index in [9.17, 15) is 4.79 Å². The van der Waals surface area contributed by atoms with E-state index in [1.165, 1.54) is 0 Å². The van der Waals surface area contributed by atoms with Crippen molar-refractivity contribution in [2.45, 2.75) is 32.4 Å². The van der Waals surface area contributed by atoms with Crippen LogP contribution in [0, 0.1) is 6.92 Å². The number of nitrogens with zero attached hydrogens (tertiary/aromatic N) is 3. The van der Waals surface area contributed by atoms with Gasteiger partial charge in [0.15, 0.2) is 0 Å². The van der Waals surface area contributed by atoms with Crippen LogP contribution in [0.5, 0.6) is 0 Å². The van der Waals surface area contributed by atoms with E-state index in [1.54, 1.807) is 12.4 Å². The van der Waals surface area contributed by atoms with Gasteiger partial charge < -0.3 is 4.90 Å². The summed E-state index contributed by atoms with van der Waals surface area (Å²) in [6, 6.07) is 16.1. The van der Waals surface area contributed by atoms with Crippen LogP contribution in [0.3, 0.4) is 0 Å². The van der Waals surface area contributed by atoms with Gasteiger partial charge in [-0.05, 0) is 61.7 Å². The van der Waals surface area contributed by atoms with Gasteiger partial charge in [-0.3, -0.25) is 14.8 Å². The Morgan fingerprint density at radius 3 is 2.59 bits per heavy atom. The van der Waals surface area contributed by atoms with Crippen LogP contribution in [0.2, 0.25) is 0 Å². The van der Waals surface area contributed by atoms with Gasteiger partial charge in [0, 0.05) is 35.0 Å². The summed E-state index contributed by atoms with van der Waals surface area (Å²) in [5, 5.41) is 0. The van der Waals surface area contributed by atoms with Crippen LogP contribution in [-0.4, -0.2) is 26.8 Å². The highest BCUT2D eigenvalue weighted by Crippen LogP contribution is 2.31. The highest BCUT2D eigenvalue weighted by atomic mass is 79.9. The highest BCUT2D eigenvalue weighted by Gasteiger charge is 2.33. The Bertz CT molecular complexity index is 970. The third-order valence-electron chi connectivity index (χ3n) is 4.79. The molecular weight excluding hydrogens is 402 g/mol. The van der Waals surface area contributed by atoms with Gasteiger partial charge in [-0.2, -0.15) is 0 Å². The van der Waals surface area contributed by atoms with Crippen molar-refractivity contribution in [3.63, 3.8) is 0 Å². The number of amides is 1. The van der Waals surface area contributed by atoms with Gasteiger partial charge in [0.25, 0.3) is 5.91 Å². The summed E-state index contributed by atoms with van der Waals surface area (Å²) in [5.41, 5.74) is 4.44. The Kier molecular flexibility index (Phi) is 5.03. The summed E-state index contributed by atoms with van der Waals surface area (Å²) in [5.74, 6) is 0.0557. The molecule has 2 aromatic heterocycles. The van der Waals surface area contributed by atoms with E-state index in [2.05, 4.69) is 20.9 Å².